The molecule has 0 bridgehead atoms. The van der Waals surface area contributed by atoms with Gasteiger partial charge in [0.2, 0.25) is 17.7 Å². The first-order valence-electron chi connectivity index (χ1n) is 16.9. The van der Waals surface area contributed by atoms with Crippen molar-refractivity contribution >= 4 is 17.7 Å². The number of nitrogens with two attached hydrogens (primary N) is 1. The van der Waals surface area contributed by atoms with Crippen LogP contribution in [0.1, 0.15) is 63.6 Å². The Kier molecular flexibility index (Phi) is 14.6. The highest BCUT2D eigenvalue weighted by Gasteiger charge is 2.50. The summed E-state index contributed by atoms with van der Waals surface area (Å²) >= 11 is 0. The van der Waals surface area contributed by atoms with E-state index < -0.39 is 89.4 Å². The predicted molar refractivity (Wildman–Crippen MR) is 185 cm³/mol. The zero-order valence-electron chi connectivity index (χ0n) is 30.2. The molecule has 11 N–H and O–H groups in total. The van der Waals surface area contributed by atoms with Crippen molar-refractivity contribution in [2.24, 2.45) is 11.7 Å². The van der Waals surface area contributed by atoms with Gasteiger partial charge in [-0.15, -0.1) is 0 Å². The number of nitrogens with one attached hydrogen (secondary N) is 5. The van der Waals surface area contributed by atoms with E-state index in [1.807, 2.05) is 13.8 Å². The van der Waals surface area contributed by atoms with Gasteiger partial charge in [-0.25, -0.2) is 9.59 Å². The maximum Gasteiger partial charge on any atom is 0.330 e. The summed E-state index contributed by atoms with van der Waals surface area (Å²) in [5.74, 6) is -1.06. The number of aromatic nitrogens is 4. The number of rotatable bonds is 13. The first kappa shape index (κ1) is 42.9. The van der Waals surface area contributed by atoms with Crippen LogP contribution in [0.5, 0.6) is 0 Å². The van der Waals surface area contributed by atoms with Crippen LogP contribution in [0.4, 0.5) is 0 Å². The number of hydrogen-bond donors (Lipinski definition) is 10. The van der Waals surface area contributed by atoms with Crippen LogP contribution in [0, 0.1) is 19.8 Å². The van der Waals surface area contributed by atoms with Gasteiger partial charge in [-0.2, -0.15) is 0 Å². The van der Waals surface area contributed by atoms with Gasteiger partial charge in [0.25, 0.3) is 11.1 Å². The standard InChI is InChI=1S/C17H28N4O6.C15H22N4O7/c1-9(2)4-11(18)15(25)19-7-17(8-22)12(23)5-13(27-17)21-6-10(3)14(24)20-16(21)26;1-8-5-19(14(25)18-13(8)24)12-3-10(22)15(7-20,26-12)6-17-11(23)4-16-9(2)21/h6,9,11-13,22-23H,4-5,7-8,18H2,1-3H3,(H,19,25)(H,20,24,26);5,10,12,20,22H,3-4,6-7H2,1-2H3,(H,16,21)(H,17,23)(H,18,24,25)/t11-,12?,13+,17+;10?,12-,15-/m01/s1. The molecule has 21 nitrogen and oxygen atoms in total. The second-order valence-corrected chi connectivity index (χ2v) is 13.7. The SMILES string of the molecule is CC(=O)NCC(=O)NC[C@]1(CO)O[C@@H](n2cc(C)c(=O)[nH]c2=O)CC1O.Cc1cn([C@H]2CC(O)[C@](CO)(CNC(=O)[C@@H](N)CC(C)C)O2)c(=O)[nH]c1=O. The van der Waals surface area contributed by atoms with Crippen LogP contribution >= 0.6 is 0 Å². The molecule has 7 atom stereocenters. The van der Waals surface area contributed by atoms with E-state index >= 15 is 0 Å². The fraction of sp³-hybridized carbons (Fsp3) is 0.656. The van der Waals surface area contributed by atoms with Crippen molar-refractivity contribution in [2.45, 2.75) is 95.8 Å². The molecule has 2 aliphatic rings. The number of aliphatic hydroxyl groups excluding tert-OH is 4. The van der Waals surface area contributed by atoms with Gasteiger partial charge in [-0.1, -0.05) is 13.8 Å². The van der Waals surface area contributed by atoms with Crippen molar-refractivity contribution < 1.29 is 44.3 Å². The Balaban J connectivity index is 0.000000286. The monoisotopic (exact) mass is 754 g/mol. The number of carbonyl (C=O) groups excluding carboxylic acids is 3. The van der Waals surface area contributed by atoms with Crippen molar-refractivity contribution in [2.75, 3.05) is 32.8 Å². The van der Waals surface area contributed by atoms with Gasteiger partial charge >= 0.3 is 11.4 Å². The Morgan fingerprint density at radius 2 is 1.28 bits per heavy atom. The maximum atomic E-state index is 12.1. The summed E-state index contributed by atoms with van der Waals surface area (Å²) in [6.45, 7) is 6.39. The normalized spacial score (nSPS) is 25.7. The second kappa shape index (κ2) is 18.0. The van der Waals surface area contributed by atoms with Crippen LogP contribution in [-0.4, -0.2) is 120 Å². The molecule has 296 valence electrons. The van der Waals surface area contributed by atoms with E-state index in [-0.39, 0.29) is 49.9 Å². The van der Waals surface area contributed by atoms with E-state index in [1.54, 1.807) is 0 Å². The van der Waals surface area contributed by atoms with Gasteiger partial charge in [0, 0.05) is 43.3 Å². The minimum absolute atomic E-state index is 0.0138. The minimum atomic E-state index is -1.51. The number of aromatic amines is 2. The van der Waals surface area contributed by atoms with Crippen LogP contribution in [-0.2, 0) is 23.9 Å². The van der Waals surface area contributed by atoms with Crippen LogP contribution < -0.4 is 44.2 Å². The summed E-state index contributed by atoms with van der Waals surface area (Å²) in [6.07, 6.45) is -0.983. The molecule has 0 spiro atoms. The van der Waals surface area contributed by atoms with Gasteiger partial charge in [0.1, 0.15) is 23.7 Å². The highest BCUT2D eigenvalue weighted by molar-refractivity contribution is 5.83. The predicted octanol–water partition coefficient (Wildman–Crippen LogP) is -4.55. The number of aryl methyl sites for hydroxylation is 2. The molecule has 2 unspecified atom stereocenters. The fourth-order valence-electron chi connectivity index (χ4n) is 5.76. The molecule has 53 heavy (non-hydrogen) atoms. The first-order chi connectivity index (χ1) is 24.8. The van der Waals surface area contributed by atoms with Crippen molar-refractivity contribution in [3.63, 3.8) is 0 Å². The van der Waals surface area contributed by atoms with E-state index in [9.17, 15) is 54.0 Å². The van der Waals surface area contributed by atoms with Crippen LogP contribution in [0.3, 0.4) is 0 Å². The van der Waals surface area contributed by atoms with Crippen molar-refractivity contribution in [1.29, 1.82) is 0 Å². The lowest BCUT2D eigenvalue weighted by atomic mass is 9.97. The molecule has 4 heterocycles. The Morgan fingerprint density at radius 3 is 1.68 bits per heavy atom. The third-order valence-corrected chi connectivity index (χ3v) is 8.96. The largest absolute Gasteiger partial charge is 0.393 e. The highest BCUT2D eigenvalue weighted by atomic mass is 16.6. The van der Waals surface area contributed by atoms with Gasteiger partial charge in [0.15, 0.2) is 0 Å². The molecule has 0 saturated carbocycles. The minimum Gasteiger partial charge on any atom is -0.393 e. The Morgan fingerprint density at radius 1 is 0.849 bits per heavy atom. The smallest absolute Gasteiger partial charge is 0.330 e. The Labute approximate surface area is 302 Å². The second-order valence-electron chi connectivity index (χ2n) is 13.7. The number of amides is 3. The maximum absolute atomic E-state index is 12.1. The lowest BCUT2D eigenvalue weighted by Gasteiger charge is -2.31. The van der Waals surface area contributed by atoms with Crippen molar-refractivity contribution in [1.82, 2.24) is 35.1 Å². The molecule has 2 aromatic rings. The van der Waals surface area contributed by atoms with E-state index in [4.69, 9.17) is 15.2 Å². The number of nitrogens with zero attached hydrogens (tertiary/aromatic N) is 2. The first-order valence-corrected chi connectivity index (χ1v) is 16.9. The van der Waals surface area contributed by atoms with Gasteiger partial charge in [-0.05, 0) is 26.2 Å². The van der Waals surface area contributed by atoms with Crippen LogP contribution in [0.2, 0.25) is 0 Å². The van der Waals surface area contributed by atoms with Gasteiger partial charge < -0.3 is 51.6 Å². The van der Waals surface area contributed by atoms with Gasteiger partial charge in [0.05, 0.1) is 51.1 Å². The topological polar surface area (TPSA) is 322 Å². The molecule has 0 aliphatic carbocycles. The molecule has 4 rings (SSSR count). The fourth-order valence-corrected chi connectivity index (χ4v) is 5.76. The quantitative estimate of drug-likeness (QED) is 0.0921. The zero-order chi connectivity index (χ0) is 39.8. The summed E-state index contributed by atoms with van der Waals surface area (Å²) in [4.78, 5) is 86.0. The summed E-state index contributed by atoms with van der Waals surface area (Å²) in [7, 11) is 0. The molecular formula is C32H50N8O13. The Bertz CT molecular complexity index is 1860. The molecule has 0 radical (unpaired) electrons. The van der Waals surface area contributed by atoms with Crippen LogP contribution in [0.25, 0.3) is 0 Å². The summed E-state index contributed by atoms with van der Waals surface area (Å²) in [5, 5.41) is 47.6. The number of hydrogen-bond acceptors (Lipinski definition) is 14. The molecule has 21 heteroatoms. The average molecular weight is 755 g/mol. The van der Waals surface area contributed by atoms with Crippen LogP contribution in [0.15, 0.2) is 31.6 Å². The lowest BCUT2D eigenvalue weighted by Crippen LogP contribution is -2.54. The third-order valence-electron chi connectivity index (χ3n) is 8.96. The Hall–Kier alpha value is -4.51. The molecule has 0 aromatic carbocycles. The lowest BCUT2D eigenvalue weighted by molar-refractivity contribution is -0.136. The molecular weight excluding hydrogens is 704 g/mol. The van der Waals surface area contributed by atoms with E-state index in [1.165, 1.54) is 33.2 Å². The average Bonchev–Trinajstić information content (AvgIpc) is 3.60. The number of ether oxygens (including phenoxy) is 2. The number of aliphatic hydroxyl groups is 4. The number of carbonyl (C=O) groups is 3. The van der Waals surface area contributed by atoms with Crippen molar-refractivity contribution in [3.8, 4) is 0 Å². The molecule has 2 saturated heterocycles. The molecule has 3 amide bonds. The third kappa shape index (κ3) is 10.6. The number of H-pyrrole nitrogens is 2. The van der Waals surface area contributed by atoms with Gasteiger partial charge in [-0.3, -0.25) is 43.1 Å². The highest BCUT2D eigenvalue weighted by Crippen LogP contribution is 2.36. The molecule has 2 aromatic heterocycles. The van der Waals surface area contributed by atoms with Crippen molar-refractivity contribution in [3.05, 3.63) is 65.2 Å². The summed E-state index contributed by atoms with van der Waals surface area (Å²) in [5.41, 5.74) is 1.02. The van der Waals surface area contributed by atoms with E-state index in [2.05, 4.69) is 25.9 Å². The van der Waals surface area contributed by atoms with E-state index in [0.29, 0.717) is 12.0 Å². The molecule has 2 fully saturated rings. The summed E-state index contributed by atoms with van der Waals surface area (Å²) < 4.78 is 13.7. The zero-order valence-corrected chi connectivity index (χ0v) is 30.2. The summed E-state index contributed by atoms with van der Waals surface area (Å²) in [6, 6.07) is -0.709. The van der Waals surface area contributed by atoms with E-state index in [0.717, 1.165) is 9.13 Å². The molecule has 2 aliphatic heterocycles.